The number of piperidine rings is 1. The van der Waals surface area contributed by atoms with Crippen molar-refractivity contribution in [2.45, 2.75) is 70.8 Å². The summed E-state index contributed by atoms with van der Waals surface area (Å²) in [7, 11) is 0. The summed E-state index contributed by atoms with van der Waals surface area (Å²) in [5, 5.41) is 0. The normalized spacial score (nSPS) is 23.9. The minimum atomic E-state index is -0.539. The van der Waals surface area contributed by atoms with Gasteiger partial charge < -0.3 is 24.0 Å². The molecule has 2 amide bonds. The van der Waals surface area contributed by atoms with Gasteiger partial charge in [-0.2, -0.15) is 0 Å². The smallest absolute Gasteiger partial charge is 0.410 e. The van der Waals surface area contributed by atoms with Crippen LogP contribution in [0.3, 0.4) is 0 Å². The summed E-state index contributed by atoms with van der Waals surface area (Å²) in [4.78, 5) is 28.8. The van der Waals surface area contributed by atoms with Crippen molar-refractivity contribution >= 4 is 12.2 Å². The number of hydrogen-bond acceptors (Lipinski definition) is 5. The minimum Gasteiger partial charge on any atom is -0.445 e. The first kappa shape index (κ1) is 22.4. The van der Waals surface area contributed by atoms with Crippen molar-refractivity contribution in [2.75, 3.05) is 26.2 Å². The standard InChI is InChI=1S/C23H34N2O5/c1-21(2,3)30-20(27)25-12-11-23(16-22(25,4)5)17-24(13-14-29-23)19(26)28-15-18-9-7-6-8-10-18/h6-10H,11-17H2,1-5H3. The predicted molar refractivity (Wildman–Crippen MR) is 113 cm³/mol. The zero-order valence-corrected chi connectivity index (χ0v) is 18.8. The van der Waals surface area contributed by atoms with E-state index in [1.165, 1.54) is 0 Å². The lowest BCUT2D eigenvalue weighted by Crippen LogP contribution is -2.64. The first-order chi connectivity index (χ1) is 14.0. The summed E-state index contributed by atoms with van der Waals surface area (Å²) in [6.07, 6.45) is 0.644. The Kier molecular flexibility index (Phi) is 6.32. The van der Waals surface area contributed by atoms with Crippen LogP contribution in [0, 0.1) is 0 Å². The SMILES string of the molecule is CC(C)(C)OC(=O)N1CCC2(CN(C(=O)OCc3ccccc3)CCO2)CC1(C)C. The van der Waals surface area contributed by atoms with Gasteiger partial charge in [-0.15, -0.1) is 0 Å². The van der Waals surface area contributed by atoms with Gasteiger partial charge in [0.1, 0.15) is 12.2 Å². The molecule has 0 aliphatic carbocycles. The summed E-state index contributed by atoms with van der Waals surface area (Å²) in [5.74, 6) is 0. The molecule has 3 rings (SSSR count). The molecule has 7 nitrogen and oxygen atoms in total. The van der Waals surface area contributed by atoms with Gasteiger partial charge in [-0.25, -0.2) is 9.59 Å². The molecule has 0 bridgehead atoms. The molecule has 2 aliphatic rings. The summed E-state index contributed by atoms with van der Waals surface area (Å²) in [6, 6.07) is 9.65. The van der Waals surface area contributed by atoms with Crippen LogP contribution >= 0.6 is 0 Å². The van der Waals surface area contributed by atoms with E-state index in [2.05, 4.69) is 0 Å². The molecule has 1 aromatic rings. The third-order valence-electron chi connectivity index (χ3n) is 5.60. The second kappa shape index (κ2) is 8.46. The van der Waals surface area contributed by atoms with Crippen LogP contribution in [0.1, 0.15) is 53.0 Å². The zero-order valence-electron chi connectivity index (χ0n) is 18.8. The van der Waals surface area contributed by atoms with Gasteiger partial charge >= 0.3 is 12.2 Å². The molecule has 1 unspecified atom stereocenters. The Labute approximate surface area is 179 Å². The lowest BCUT2D eigenvalue weighted by molar-refractivity contribution is -0.153. The van der Waals surface area contributed by atoms with Crippen molar-refractivity contribution in [2.24, 2.45) is 0 Å². The van der Waals surface area contributed by atoms with Crippen LogP contribution in [-0.2, 0) is 20.8 Å². The average Bonchev–Trinajstić information content (AvgIpc) is 2.64. The molecule has 0 radical (unpaired) electrons. The fourth-order valence-corrected chi connectivity index (χ4v) is 4.32. The number of hydrogen-bond donors (Lipinski definition) is 0. The molecule has 1 spiro atoms. The third-order valence-corrected chi connectivity index (χ3v) is 5.60. The maximum absolute atomic E-state index is 12.7. The van der Waals surface area contributed by atoms with Crippen LogP contribution in [0.25, 0.3) is 0 Å². The molecule has 2 aliphatic heterocycles. The molecule has 0 aromatic heterocycles. The molecule has 0 N–H and O–H groups in total. The predicted octanol–water partition coefficient (Wildman–Crippen LogP) is 4.20. The molecule has 1 aromatic carbocycles. The van der Waals surface area contributed by atoms with E-state index in [1.807, 2.05) is 65.0 Å². The second-order valence-corrected chi connectivity index (χ2v) is 9.86. The summed E-state index contributed by atoms with van der Waals surface area (Å²) in [5.41, 5.74) is -0.507. The maximum atomic E-state index is 12.7. The Balaban J connectivity index is 1.61. The highest BCUT2D eigenvalue weighted by atomic mass is 16.6. The molecular formula is C23H34N2O5. The Morgan fingerprint density at radius 1 is 1.10 bits per heavy atom. The van der Waals surface area contributed by atoms with Crippen molar-refractivity contribution < 1.29 is 23.8 Å². The van der Waals surface area contributed by atoms with Gasteiger partial charge in [0.15, 0.2) is 0 Å². The van der Waals surface area contributed by atoms with Crippen LogP contribution in [0.4, 0.5) is 9.59 Å². The topological polar surface area (TPSA) is 68.3 Å². The molecule has 1 atom stereocenters. The van der Waals surface area contributed by atoms with E-state index in [0.717, 1.165) is 5.56 Å². The van der Waals surface area contributed by atoms with Crippen LogP contribution in [0.5, 0.6) is 0 Å². The van der Waals surface area contributed by atoms with E-state index in [4.69, 9.17) is 14.2 Å². The highest BCUT2D eigenvalue weighted by Gasteiger charge is 2.50. The average molecular weight is 419 g/mol. The van der Waals surface area contributed by atoms with Gasteiger partial charge in [-0.1, -0.05) is 30.3 Å². The molecular weight excluding hydrogens is 384 g/mol. The van der Waals surface area contributed by atoms with Crippen LogP contribution in [0.15, 0.2) is 30.3 Å². The number of nitrogens with zero attached hydrogens (tertiary/aromatic N) is 2. The van der Waals surface area contributed by atoms with Crippen molar-refractivity contribution in [3.05, 3.63) is 35.9 Å². The van der Waals surface area contributed by atoms with Crippen molar-refractivity contribution in [3.8, 4) is 0 Å². The van der Waals surface area contributed by atoms with Crippen LogP contribution < -0.4 is 0 Å². The van der Waals surface area contributed by atoms with E-state index in [9.17, 15) is 9.59 Å². The van der Waals surface area contributed by atoms with E-state index in [1.54, 1.807) is 9.80 Å². The molecule has 2 fully saturated rings. The fraction of sp³-hybridized carbons (Fsp3) is 0.652. The summed E-state index contributed by atoms with van der Waals surface area (Å²) in [6.45, 7) is 11.9. The number of likely N-dealkylation sites (tertiary alicyclic amines) is 1. The Morgan fingerprint density at radius 3 is 2.43 bits per heavy atom. The van der Waals surface area contributed by atoms with E-state index >= 15 is 0 Å². The Hall–Kier alpha value is -2.28. The quantitative estimate of drug-likeness (QED) is 0.720. The van der Waals surface area contributed by atoms with Crippen LogP contribution in [-0.4, -0.2) is 65.0 Å². The number of carbonyl (C=O) groups excluding carboxylic acids is 2. The number of ether oxygens (including phenoxy) is 3. The minimum absolute atomic E-state index is 0.252. The number of morpholine rings is 1. The molecule has 2 saturated heterocycles. The maximum Gasteiger partial charge on any atom is 0.410 e. The van der Waals surface area contributed by atoms with Gasteiger partial charge in [-0.3, -0.25) is 0 Å². The Bertz CT molecular complexity index is 759. The highest BCUT2D eigenvalue weighted by molar-refractivity contribution is 5.70. The molecule has 0 saturated carbocycles. The van der Waals surface area contributed by atoms with Crippen molar-refractivity contribution in [1.29, 1.82) is 0 Å². The van der Waals surface area contributed by atoms with Gasteiger partial charge in [0, 0.05) is 25.0 Å². The monoisotopic (exact) mass is 418 g/mol. The molecule has 30 heavy (non-hydrogen) atoms. The highest BCUT2D eigenvalue weighted by Crippen LogP contribution is 2.39. The van der Waals surface area contributed by atoms with Gasteiger partial charge in [0.2, 0.25) is 0 Å². The van der Waals surface area contributed by atoms with Crippen molar-refractivity contribution in [1.82, 2.24) is 9.80 Å². The summed E-state index contributed by atoms with van der Waals surface area (Å²) < 4.78 is 17.3. The molecule has 7 heteroatoms. The zero-order chi connectivity index (χ0) is 22.0. The lowest BCUT2D eigenvalue weighted by Gasteiger charge is -2.53. The second-order valence-electron chi connectivity index (χ2n) is 9.86. The van der Waals surface area contributed by atoms with Gasteiger partial charge in [0.05, 0.1) is 18.8 Å². The van der Waals surface area contributed by atoms with E-state index in [-0.39, 0.29) is 18.8 Å². The fourth-order valence-electron chi connectivity index (χ4n) is 4.32. The molecule has 2 heterocycles. The van der Waals surface area contributed by atoms with Gasteiger partial charge in [0.25, 0.3) is 0 Å². The first-order valence-corrected chi connectivity index (χ1v) is 10.6. The van der Waals surface area contributed by atoms with Crippen molar-refractivity contribution in [3.63, 3.8) is 0 Å². The Morgan fingerprint density at radius 2 is 1.80 bits per heavy atom. The van der Waals surface area contributed by atoms with E-state index < -0.39 is 16.7 Å². The van der Waals surface area contributed by atoms with Crippen LogP contribution in [0.2, 0.25) is 0 Å². The number of carbonyl (C=O) groups is 2. The van der Waals surface area contributed by atoms with E-state index in [0.29, 0.717) is 39.1 Å². The molecule has 166 valence electrons. The number of benzene rings is 1. The lowest BCUT2D eigenvalue weighted by atomic mass is 9.78. The summed E-state index contributed by atoms with van der Waals surface area (Å²) >= 11 is 0. The number of rotatable bonds is 2. The van der Waals surface area contributed by atoms with Gasteiger partial charge in [-0.05, 0) is 46.6 Å². The third kappa shape index (κ3) is 5.45. The largest absolute Gasteiger partial charge is 0.445 e. The number of amides is 2. The first-order valence-electron chi connectivity index (χ1n) is 10.6.